The molecule has 5 nitrogen and oxygen atoms in total. The van der Waals surface area contributed by atoms with E-state index in [0.29, 0.717) is 16.6 Å². The number of rotatable bonds is 2. The minimum atomic E-state index is -1.02. The molecular formula is C15H10F2N4O. The minimum Gasteiger partial charge on any atom is -0.384 e. The molecule has 7 heteroatoms. The van der Waals surface area contributed by atoms with E-state index in [0.717, 1.165) is 6.07 Å². The van der Waals surface area contributed by atoms with E-state index in [1.807, 2.05) is 0 Å². The maximum Gasteiger partial charge on any atom is 0.255 e. The van der Waals surface area contributed by atoms with Gasteiger partial charge in [0.05, 0.1) is 11.9 Å². The van der Waals surface area contributed by atoms with Gasteiger partial charge >= 0.3 is 0 Å². The lowest BCUT2D eigenvalue weighted by Crippen LogP contribution is -2.12. The van der Waals surface area contributed by atoms with Gasteiger partial charge in [-0.25, -0.2) is 13.8 Å². The number of aromatic nitrogens is 2. The molecule has 0 atom stereocenters. The zero-order chi connectivity index (χ0) is 15.7. The van der Waals surface area contributed by atoms with E-state index in [-0.39, 0.29) is 11.3 Å². The molecule has 1 amide bonds. The van der Waals surface area contributed by atoms with Gasteiger partial charge in [-0.15, -0.1) is 0 Å². The van der Waals surface area contributed by atoms with E-state index in [1.165, 1.54) is 36.7 Å². The molecule has 0 fully saturated rings. The fourth-order valence-corrected chi connectivity index (χ4v) is 2.00. The molecule has 2 heterocycles. The third-order valence-corrected chi connectivity index (χ3v) is 3.05. The molecule has 0 aliphatic rings. The first-order valence-electron chi connectivity index (χ1n) is 6.31. The Kier molecular flexibility index (Phi) is 3.38. The monoisotopic (exact) mass is 300 g/mol. The van der Waals surface area contributed by atoms with Crippen molar-refractivity contribution in [3.05, 3.63) is 59.9 Å². The van der Waals surface area contributed by atoms with E-state index in [1.54, 1.807) is 0 Å². The van der Waals surface area contributed by atoms with E-state index in [9.17, 15) is 13.6 Å². The molecule has 110 valence electrons. The lowest BCUT2D eigenvalue weighted by molar-refractivity contribution is 0.102. The second kappa shape index (κ2) is 5.36. The largest absolute Gasteiger partial charge is 0.384 e. The zero-order valence-corrected chi connectivity index (χ0v) is 11.2. The van der Waals surface area contributed by atoms with Crippen LogP contribution in [0.5, 0.6) is 0 Å². The molecule has 0 saturated heterocycles. The van der Waals surface area contributed by atoms with Crippen LogP contribution < -0.4 is 11.1 Å². The summed E-state index contributed by atoms with van der Waals surface area (Å²) in [6.07, 6.45) is 2.67. The summed E-state index contributed by atoms with van der Waals surface area (Å²) in [6, 6.07) is 6.84. The number of carbonyl (C=O) groups is 1. The van der Waals surface area contributed by atoms with Gasteiger partial charge in [0.25, 0.3) is 5.91 Å². The molecule has 0 unspecified atom stereocenters. The first-order valence-corrected chi connectivity index (χ1v) is 6.31. The number of anilines is 2. The van der Waals surface area contributed by atoms with Crippen molar-refractivity contribution >= 4 is 28.3 Å². The van der Waals surface area contributed by atoms with E-state index in [4.69, 9.17) is 5.73 Å². The predicted molar refractivity (Wildman–Crippen MR) is 78.3 cm³/mol. The maximum absolute atomic E-state index is 13.6. The van der Waals surface area contributed by atoms with Crippen molar-refractivity contribution in [2.45, 2.75) is 0 Å². The number of halogens is 2. The molecule has 22 heavy (non-hydrogen) atoms. The summed E-state index contributed by atoms with van der Waals surface area (Å²) in [5, 5.41) is 2.99. The van der Waals surface area contributed by atoms with Crippen molar-refractivity contribution in [2.75, 3.05) is 11.1 Å². The Morgan fingerprint density at radius 3 is 2.73 bits per heavy atom. The fourth-order valence-electron chi connectivity index (χ4n) is 2.00. The van der Waals surface area contributed by atoms with Crippen LogP contribution in [0.1, 0.15) is 10.4 Å². The van der Waals surface area contributed by atoms with Crippen molar-refractivity contribution in [3.8, 4) is 0 Å². The van der Waals surface area contributed by atoms with Crippen LogP contribution in [0.3, 0.4) is 0 Å². The molecule has 3 rings (SSSR count). The predicted octanol–water partition coefficient (Wildman–Crippen LogP) is 2.74. The van der Waals surface area contributed by atoms with Crippen molar-refractivity contribution in [1.29, 1.82) is 0 Å². The molecule has 0 radical (unpaired) electrons. The third-order valence-electron chi connectivity index (χ3n) is 3.05. The van der Waals surface area contributed by atoms with E-state index >= 15 is 0 Å². The lowest BCUT2D eigenvalue weighted by atomic mass is 10.2. The fraction of sp³-hybridized carbons (Fsp3) is 0. The number of benzene rings is 1. The van der Waals surface area contributed by atoms with Crippen LogP contribution in [0.25, 0.3) is 10.9 Å². The number of hydrogen-bond acceptors (Lipinski definition) is 4. The van der Waals surface area contributed by atoms with Crippen LogP contribution in [0, 0.1) is 11.6 Å². The lowest BCUT2D eigenvalue weighted by Gasteiger charge is -2.07. The number of nitrogens with one attached hydrogen (secondary N) is 1. The minimum absolute atomic E-state index is 0.0915. The highest BCUT2D eigenvalue weighted by atomic mass is 19.2. The first-order chi connectivity index (χ1) is 10.5. The van der Waals surface area contributed by atoms with Crippen molar-refractivity contribution in [1.82, 2.24) is 9.97 Å². The Labute approximate surface area is 123 Å². The van der Waals surface area contributed by atoms with Gasteiger partial charge in [0, 0.05) is 17.1 Å². The molecular weight excluding hydrogens is 290 g/mol. The van der Waals surface area contributed by atoms with Gasteiger partial charge in [0.2, 0.25) is 0 Å². The second-order valence-electron chi connectivity index (χ2n) is 4.58. The highest BCUT2D eigenvalue weighted by molar-refractivity contribution is 6.05. The summed E-state index contributed by atoms with van der Waals surface area (Å²) in [4.78, 5) is 19.7. The van der Waals surface area contributed by atoms with Gasteiger partial charge in [-0.2, -0.15) is 0 Å². The summed E-state index contributed by atoms with van der Waals surface area (Å²) in [5.74, 6) is -2.17. The number of nitrogens with two attached hydrogens (primary N) is 1. The smallest absolute Gasteiger partial charge is 0.255 e. The number of pyridine rings is 2. The number of nitrogen functional groups attached to an aromatic ring is 1. The number of hydrogen-bond donors (Lipinski definition) is 2. The van der Waals surface area contributed by atoms with Gasteiger partial charge in [-0.05, 0) is 30.3 Å². The van der Waals surface area contributed by atoms with Gasteiger partial charge in [-0.3, -0.25) is 9.78 Å². The summed E-state index contributed by atoms with van der Waals surface area (Å²) in [6.45, 7) is 0. The number of carbonyl (C=O) groups excluding carboxylic acids is 1. The van der Waals surface area contributed by atoms with E-state index in [2.05, 4.69) is 15.3 Å². The van der Waals surface area contributed by atoms with Gasteiger partial charge in [0.15, 0.2) is 11.6 Å². The molecule has 1 aromatic carbocycles. The first kappa shape index (κ1) is 13.9. The summed E-state index contributed by atoms with van der Waals surface area (Å²) in [7, 11) is 0. The summed E-state index contributed by atoms with van der Waals surface area (Å²) < 4.78 is 26.7. The Balaban J connectivity index is 1.91. The van der Waals surface area contributed by atoms with Crippen molar-refractivity contribution in [3.63, 3.8) is 0 Å². The van der Waals surface area contributed by atoms with Crippen LogP contribution in [0.4, 0.5) is 20.3 Å². The number of amides is 1. The molecule has 2 aromatic heterocycles. The van der Waals surface area contributed by atoms with Crippen LogP contribution in [0.15, 0.2) is 42.7 Å². The topological polar surface area (TPSA) is 80.9 Å². The van der Waals surface area contributed by atoms with Crippen LogP contribution in [-0.2, 0) is 0 Å². The Morgan fingerprint density at radius 2 is 1.95 bits per heavy atom. The average Bonchev–Trinajstić information content (AvgIpc) is 2.51. The van der Waals surface area contributed by atoms with Crippen molar-refractivity contribution < 1.29 is 13.6 Å². The zero-order valence-electron chi connectivity index (χ0n) is 11.2. The standard InChI is InChI=1S/C15H10F2N4O/c16-11-2-1-8-5-10(7-20-14(8)13(11)17)21-15(22)9-3-4-19-12(18)6-9/h1-7H,(H2,18,19)(H,21,22). The quantitative estimate of drug-likeness (QED) is 0.762. The van der Waals surface area contributed by atoms with Gasteiger partial charge < -0.3 is 11.1 Å². The normalized spacial score (nSPS) is 10.6. The molecule has 0 bridgehead atoms. The SMILES string of the molecule is Nc1cc(C(=O)Nc2cnc3c(F)c(F)ccc3c2)ccn1. The molecule has 0 saturated carbocycles. The van der Waals surface area contributed by atoms with Gasteiger partial charge in [-0.1, -0.05) is 0 Å². The Morgan fingerprint density at radius 1 is 1.14 bits per heavy atom. The maximum atomic E-state index is 13.6. The average molecular weight is 300 g/mol. The Hall–Kier alpha value is -3.09. The van der Waals surface area contributed by atoms with Crippen LogP contribution in [-0.4, -0.2) is 15.9 Å². The molecule has 0 aliphatic carbocycles. The van der Waals surface area contributed by atoms with Gasteiger partial charge in [0.1, 0.15) is 11.3 Å². The van der Waals surface area contributed by atoms with Crippen LogP contribution in [0.2, 0.25) is 0 Å². The second-order valence-corrected chi connectivity index (χ2v) is 4.58. The number of fused-ring (bicyclic) bond motifs is 1. The molecule has 3 N–H and O–H groups in total. The third kappa shape index (κ3) is 2.56. The van der Waals surface area contributed by atoms with Crippen molar-refractivity contribution in [2.24, 2.45) is 0 Å². The number of nitrogens with zero attached hydrogens (tertiary/aromatic N) is 2. The molecule has 3 aromatic rings. The highest BCUT2D eigenvalue weighted by Crippen LogP contribution is 2.21. The summed E-state index contributed by atoms with van der Waals surface area (Å²) >= 11 is 0. The summed E-state index contributed by atoms with van der Waals surface area (Å²) in [5.41, 5.74) is 6.11. The Bertz CT molecular complexity index is 883. The molecule has 0 spiro atoms. The highest BCUT2D eigenvalue weighted by Gasteiger charge is 2.11. The van der Waals surface area contributed by atoms with Crippen LogP contribution >= 0.6 is 0 Å². The van der Waals surface area contributed by atoms with E-state index < -0.39 is 17.5 Å². The molecule has 0 aliphatic heterocycles.